The fourth-order valence-corrected chi connectivity index (χ4v) is 5.31. The molecule has 3 fully saturated rings. The SMILES string of the molecule is Fc1cccc(CN2CCN3CCC[C@H]3[C@H]2C2CCCCC2)c1. The average molecular weight is 316 g/mol. The Kier molecular flexibility index (Phi) is 4.68. The van der Waals surface area contributed by atoms with Crippen molar-refractivity contribution in [1.29, 1.82) is 0 Å². The van der Waals surface area contributed by atoms with Gasteiger partial charge >= 0.3 is 0 Å². The molecule has 0 amide bonds. The first-order valence-electron chi connectivity index (χ1n) is 9.54. The van der Waals surface area contributed by atoms with Gasteiger partial charge in [-0.05, 0) is 55.8 Å². The second-order valence-electron chi connectivity index (χ2n) is 7.73. The molecule has 3 heteroatoms. The Morgan fingerprint density at radius 1 is 0.957 bits per heavy atom. The van der Waals surface area contributed by atoms with Crippen molar-refractivity contribution in [2.75, 3.05) is 19.6 Å². The van der Waals surface area contributed by atoms with Crippen LogP contribution in [0.5, 0.6) is 0 Å². The molecule has 0 bridgehead atoms. The van der Waals surface area contributed by atoms with Crippen LogP contribution >= 0.6 is 0 Å². The second kappa shape index (κ2) is 6.90. The van der Waals surface area contributed by atoms with Crippen molar-refractivity contribution in [2.45, 2.75) is 63.6 Å². The van der Waals surface area contributed by atoms with E-state index < -0.39 is 0 Å². The first-order valence-corrected chi connectivity index (χ1v) is 9.54. The maximum atomic E-state index is 13.6. The van der Waals surface area contributed by atoms with Gasteiger partial charge in [0.05, 0.1) is 0 Å². The van der Waals surface area contributed by atoms with Crippen molar-refractivity contribution in [1.82, 2.24) is 9.80 Å². The third-order valence-corrected chi connectivity index (χ3v) is 6.31. The van der Waals surface area contributed by atoms with Gasteiger partial charge in [0, 0.05) is 31.7 Å². The lowest BCUT2D eigenvalue weighted by Crippen LogP contribution is -2.59. The molecule has 1 aliphatic carbocycles. The summed E-state index contributed by atoms with van der Waals surface area (Å²) in [5.41, 5.74) is 1.14. The van der Waals surface area contributed by atoms with Crippen LogP contribution in [0.3, 0.4) is 0 Å². The molecule has 1 aromatic carbocycles. The average Bonchev–Trinajstić information content (AvgIpc) is 3.04. The number of benzene rings is 1. The number of hydrogen-bond donors (Lipinski definition) is 0. The number of nitrogens with zero attached hydrogens (tertiary/aromatic N) is 2. The van der Waals surface area contributed by atoms with Crippen LogP contribution in [0.4, 0.5) is 4.39 Å². The predicted octanol–water partition coefficient (Wildman–Crippen LogP) is 4.05. The zero-order valence-corrected chi connectivity index (χ0v) is 14.1. The second-order valence-corrected chi connectivity index (χ2v) is 7.73. The van der Waals surface area contributed by atoms with Crippen molar-refractivity contribution in [3.05, 3.63) is 35.6 Å². The first kappa shape index (κ1) is 15.6. The van der Waals surface area contributed by atoms with Gasteiger partial charge in [0.25, 0.3) is 0 Å². The number of fused-ring (bicyclic) bond motifs is 1. The molecule has 126 valence electrons. The van der Waals surface area contributed by atoms with Gasteiger partial charge in [-0.15, -0.1) is 0 Å². The summed E-state index contributed by atoms with van der Waals surface area (Å²) in [6, 6.07) is 8.65. The Bertz CT molecular complexity index is 526. The smallest absolute Gasteiger partial charge is 0.123 e. The Morgan fingerprint density at radius 3 is 2.65 bits per heavy atom. The van der Waals surface area contributed by atoms with Crippen LogP contribution < -0.4 is 0 Å². The molecular weight excluding hydrogens is 287 g/mol. The largest absolute Gasteiger partial charge is 0.298 e. The molecule has 4 rings (SSSR count). The molecule has 2 atom stereocenters. The maximum Gasteiger partial charge on any atom is 0.123 e. The van der Waals surface area contributed by atoms with Gasteiger partial charge in [-0.2, -0.15) is 0 Å². The van der Waals surface area contributed by atoms with E-state index >= 15 is 0 Å². The van der Waals surface area contributed by atoms with Crippen LogP contribution in [-0.2, 0) is 6.54 Å². The number of hydrogen-bond acceptors (Lipinski definition) is 2. The molecule has 23 heavy (non-hydrogen) atoms. The topological polar surface area (TPSA) is 6.48 Å². The predicted molar refractivity (Wildman–Crippen MR) is 91.8 cm³/mol. The van der Waals surface area contributed by atoms with Crippen molar-refractivity contribution < 1.29 is 4.39 Å². The molecule has 2 heterocycles. The van der Waals surface area contributed by atoms with Crippen LogP contribution in [0.15, 0.2) is 24.3 Å². The molecule has 1 aromatic rings. The van der Waals surface area contributed by atoms with Crippen molar-refractivity contribution in [3.63, 3.8) is 0 Å². The maximum absolute atomic E-state index is 13.6. The Labute approximate surface area is 139 Å². The summed E-state index contributed by atoms with van der Waals surface area (Å²) in [6.45, 7) is 4.56. The summed E-state index contributed by atoms with van der Waals surface area (Å²) in [5, 5.41) is 0. The van der Waals surface area contributed by atoms with Crippen molar-refractivity contribution in [3.8, 4) is 0 Å². The van der Waals surface area contributed by atoms with E-state index in [2.05, 4.69) is 15.9 Å². The molecule has 2 aliphatic heterocycles. The Hall–Kier alpha value is -0.930. The van der Waals surface area contributed by atoms with Crippen LogP contribution in [0, 0.1) is 11.7 Å². The fourth-order valence-electron chi connectivity index (χ4n) is 5.31. The van der Waals surface area contributed by atoms with Crippen LogP contribution in [0.25, 0.3) is 0 Å². The van der Waals surface area contributed by atoms with Crippen LogP contribution in [0.2, 0.25) is 0 Å². The highest BCUT2D eigenvalue weighted by Gasteiger charge is 2.42. The highest BCUT2D eigenvalue weighted by molar-refractivity contribution is 5.17. The zero-order chi connectivity index (χ0) is 15.6. The van der Waals surface area contributed by atoms with E-state index in [1.807, 2.05) is 6.07 Å². The van der Waals surface area contributed by atoms with E-state index in [1.54, 1.807) is 12.1 Å². The van der Waals surface area contributed by atoms with E-state index in [0.29, 0.717) is 6.04 Å². The molecule has 0 spiro atoms. The lowest BCUT2D eigenvalue weighted by Gasteiger charge is -2.49. The highest BCUT2D eigenvalue weighted by atomic mass is 19.1. The number of halogens is 1. The van der Waals surface area contributed by atoms with Gasteiger partial charge in [-0.25, -0.2) is 4.39 Å². The summed E-state index contributed by atoms with van der Waals surface area (Å²) in [6.07, 6.45) is 9.75. The van der Waals surface area contributed by atoms with E-state index in [9.17, 15) is 4.39 Å². The van der Waals surface area contributed by atoms with E-state index in [0.717, 1.165) is 30.6 Å². The molecule has 2 nitrogen and oxygen atoms in total. The molecule has 0 N–H and O–H groups in total. The van der Waals surface area contributed by atoms with Crippen LogP contribution in [-0.4, -0.2) is 41.5 Å². The van der Waals surface area contributed by atoms with Crippen molar-refractivity contribution >= 4 is 0 Å². The zero-order valence-electron chi connectivity index (χ0n) is 14.1. The number of piperazine rings is 1. The monoisotopic (exact) mass is 316 g/mol. The summed E-state index contributed by atoms with van der Waals surface area (Å²) < 4.78 is 13.6. The fraction of sp³-hybridized carbons (Fsp3) is 0.700. The van der Waals surface area contributed by atoms with Gasteiger partial charge in [-0.1, -0.05) is 31.4 Å². The van der Waals surface area contributed by atoms with Gasteiger partial charge in [0.15, 0.2) is 0 Å². The summed E-state index contributed by atoms with van der Waals surface area (Å²) >= 11 is 0. The molecular formula is C20H29FN2. The minimum Gasteiger partial charge on any atom is -0.298 e. The molecule has 2 saturated heterocycles. The van der Waals surface area contributed by atoms with Gasteiger partial charge < -0.3 is 0 Å². The van der Waals surface area contributed by atoms with Gasteiger partial charge in [-0.3, -0.25) is 9.80 Å². The third kappa shape index (κ3) is 3.32. The Morgan fingerprint density at radius 2 is 1.83 bits per heavy atom. The summed E-state index contributed by atoms with van der Waals surface area (Å²) in [7, 11) is 0. The minimum atomic E-state index is -0.101. The quantitative estimate of drug-likeness (QED) is 0.830. The lowest BCUT2D eigenvalue weighted by molar-refractivity contribution is -0.00383. The minimum absolute atomic E-state index is 0.101. The Balaban J connectivity index is 1.55. The summed E-state index contributed by atoms with van der Waals surface area (Å²) in [5.74, 6) is 0.749. The van der Waals surface area contributed by atoms with Crippen molar-refractivity contribution in [2.24, 2.45) is 5.92 Å². The lowest BCUT2D eigenvalue weighted by atomic mass is 9.78. The first-order chi connectivity index (χ1) is 11.3. The van der Waals surface area contributed by atoms with Gasteiger partial charge in [0.2, 0.25) is 0 Å². The molecule has 1 saturated carbocycles. The molecule has 0 radical (unpaired) electrons. The van der Waals surface area contributed by atoms with Gasteiger partial charge in [0.1, 0.15) is 5.82 Å². The van der Waals surface area contributed by atoms with Crippen LogP contribution in [0.1, 0.15) is 50.5 Å². The normalized spacial score (nSPS) is 30.5. The van der Waals surface area contributed by atoms with E-state index in [4.69, 9.17) is 0 Å². The van der Waals surface area contributed by atoms with E-state index in [1.165, 1.54) is 58.0 Å². The molecule has 0 unspecified atom stereocenters. The summed E-state index contributed by atoms with van der Waals surface area (Å²) in [4.78, 5) is 5.43. The number of rotatable bonds is 3. The standard InChI is InChI=1S/C20H29FN2/c21-18-9-4-6-16(14-18)15-23-13-12-22-11-5-10-19(22)20(23)17-7-2-1-3-8-17/h4,6,9,14,17,19-20H,1-3,5,7-8,10-13,15H2/t19-,20+/m0/s1. The highest BCUT2D eigenvalue weighted by Crippen LogP contribution is 2.38. The molecule has 0 aromatic heterocycles. The molecule has 3 aliphatic rings. The van der Waals surface area contributed by atoms with E-state index in [-0.39, 0.29) is 5.82 Å². The third-order valence-electron chi connectivity index (χ3n) is 6.31.